The number of nitrogens with zero attached hydrogens (tertiary/aromatic N) is 3. The molecule has 0 saturated heterocycles. The average molecular weight is 654 g/mol. The molecule has 3 amide bonds. The zero-order valence-corrected chi connectivity index (χ0v) is 26.9. The van der Waals surface area contributed by atoms with Crippen LogP contribution in [0.25, 0.3) is 0 Å². The van der Waals surface area contributed by atoms with Gasteiger partial charge in [0.05, 0.1) is 10.6 Å². The Labute approximate surface area is 273 Å². The molecular formula is C34H35N7O5S. The van der Waals surface area contributed by atoms with Crippen molar-refractivity contribution in [1.82, 2.24) is 10.6 Å². The van der Waals surface area contributed by atoms with Gasteiger partial charge in [-0.3, -0.25) is 19.1 Å². The number of anilines is 4. The van der Waals surface area contributed by atoms with E-state index in [0.29, 0.717) is 11.4 Å². The van der Waals surface area contributed by atoms with Gasteiger partial charge in [0, 0.05) is 42.6 Å². The Bertz CT molecular complexity index is 1900. The lowest BCUT2D eigenvalue weighted by Gasteiger charge is -2.32. The Hall–Kier alpha value is -5.69. The molecule has 0 bridgehead atoms. The predicted octanol–water partition coefficient (Wildman–Crippen LogP) is 4.37. The molecule has 242 valence electrons. The normalized spacial score (nSPS) is 15.9. The van der Waals surface area contributed by atoms with E-state index < -0.39 is 33.4 Å². The van der Waals surface area contributed by atoms with Crippen LogP contribution in [-0.2, 0) is 19.6 Å². The second-order valence-corrected chi connectivity index (χ2v) is 12.3. The van der Waals surface area contributed by atoms with Gasteiger partial charge < -0.3 is 20.9 Å². The smallest absolute Gasteiger partial charge is 0.302 e. The van der Waals surface area contributed by atoms with Crippen molar-refractivity contribution in [1.29, 1.82) is 0 Å². The van der Waals surface area contributed by atoms with Gasteiger partial charge in [0.2, 0.25) is 5.91 Å². The molecule has 0 fully saturated rings. The Morgan fingerprint density at radius 2 is 1.47 bits per heavy atom. The largest absolute Gasteiger partial charge is 0.372 e. The molecule has 4 aromatic carbocycles. The summed E-state index contributed by atoms with van der Waals surface area (Å²) >= 11 is 0. The number of amidine groups is 1. The van der Waals surface area contributed by atoms with Crippen molar-refractivity contribution in [2.75, 3.05) is 33.0 Å². The average Bonchev–Trinajstić information content (AvgIpc) is 3.32. The number of para-hydroxylation sites is 1. The van der Waals surface area contributed by atoms with Gasteiger partial charge in [0.1, 0.15) is 0 Å². The van der Waals surface area contributed by atoms with Crippen LogP contribution in [0.3, 0.4) is 0 Å². The maximum atomic E-state index is 14.2. The van der Waals surface area contributed by atoms with Crippen LogP contribution in [0.15, 0.2) is 119 Å². The van der Waals surface area contributed by atoms with E-state index in [1.165, 1.54) is 43.3 Å². The Morgan fingerprint density at radius 1 is 0.830 bits per heavy atom. The highest BCUT2D eigenvalue weighted by Gasteiger charge is 2.54. The summed E-state index contributed by atoms with van der Waals surface area (Å²) in [6.07, 6.45) is 0. The van der Waals surface area contributed by atoms with Gasteiger partial charge >= 0.3 is 5.91 Å². The van der Waals surface area contributed by atoms with E-state index in [4.69, 9.17) is 0 Å². The number of carbonyl (C=O) groups excluding carboxylic acids is 3. The van der Waals surface area contributed by atoms with Gasteiger partial charge in [0.25, 0.3) is 21.6 Å². The van der Waals surface area contributed by atoms with Crippen molar-refractivity contribution in [3.63, 3.8) is 0 Å². The second-order valence-electron chi connectivity index (χ2n) is 10.6. The molecule has 1 atom stereocenters. The number of hydrazone groups is 1. The summed E-state index contributed by atoms with van der Waals surface area (Å²) in [5.74, 6) is -2.10. The quantitative estimate of drug-likeness (QED) is 0.176. The summed E-state index contributed by atoms with van der Waals surface area (Å²) in [5, 5.41) is 14.1. The summed E-state index contributed by atoms with van der Waals surface area (Å²) in [4.78, 5) is 42.8. The van der Waals surface area contributed by atoms with Gasteiger partial charge in [-0.05, 0) is 80.6 Å². The SMILES string of the molecule is CCN(CC)c1ccc(NC2(NC(C)=O)C(=O)N(c3ccccc3)N=C2NC(=O)c2cccc(NS(=O)(=O)c3ccccc3)c2)cc1. The third kappa shape index (κ3) is 7.10. The number of rotatable bonds is 11. The molecule has 4 N–H and O–H groups in total. The summed E-state index contributed by atoms with van der Waals surface area (Å²) in [5.41, 5.74) is 0.0938. The third-order valence-corrected chi connectivity index (χ3v) is 8.82. The highest BCUT2D eigenvalue weighted by Crippen LogP contribution is 2.29. The Kier molecular flexibility index (Phi) is 9.56. The number of hydrogen-bond acceptors (Lipinski definition) is 8. The van der Waals surface area contributed by atoms with E-state index in [-0.39, 0.29) is 22.0 Å². The molecule has 47 heavy (non-hydrogen) atoms. The fourth-order valence-corrected chi connectivity index (χ4v) is 6.21. The van der Waals surface area contributed by atoms with Gasteiger partial charge in [-0.2, -0.15) is 5.01 Å². The minimum absolute atomic E-state index is 0.0611. The molecule has 0 saturated carbocycles. The first-order valence-corrected chi connectivity index (χ1v) is 16.4. The van der Waals surface area contributed by atoms with Gasteiger partial charge in [-0.25, -0.2) is 8.42 Å². The topological polar surface area (TPSA) is 152 Å². The zero-order valence-electron chi connectivity index (χ0n) is 26.1. The summed E-state index contributed by atoms with van der Waals surface area (Å²) < 4.78 is 28.3. The Balaban J connectivity index is 1.49. The van der Waals surface area contributed by atoms with Crippen molar-refractivity contribution in [2.24, 2.45) is 5.10 Å². The third-order valence-electron chi connectivity index (χ3n) is 7.42. The maximum Gasteiger partial charge on any atom is 0.302 e. The van der Waals surface area contributed by atoms with Crippen molar-refractivity contribution in [2.45, 2.75) is 31.3 Å². The molecule has 0 radical (unpaired) electrons. The lowest BCUT2D eigenvalue weighted by molar-refractivity contribution is -0.127. The molecule has 1 unspecified atom stereocenters. The van der Waals surface area contributed by atoms with Crippen molar-refractivity contribution < 1.29 is 22.8 Å². The fraction of sp³-hybridized carbons (Fsp3) is 0.176. The molecule has 5 rings (SSSR count). The van der Waals surface area contributed by atoms with E-state index in [2.05, 4.69) is 44.5 Å². The predicted molar refractivity (Wildman–Crippen MR) is 183 cm³/mol. The van der Waals surface area contributed by atoms with E-state index in [1.54, 1.807) is 60.7 Å². The van der Waals surface area contributed by atoms with Gasteiger partial charge in [-0.1, -0.05) is 42.5 Å². The van der Waals surface area contributed by atoms with Crippen LogP contribution in [0.1, 0.15) is 31.1 Å². The molecular weight excluding hydrogens is 618 g/mol. The number of carbonyl (C=O) groups is 3. The summed E-state index contributed by atoms with van der Waals surface area (Å²) in [7, 11) is -3.92. The van der Waals surface area contributed by atoms with Crippen molar-refractivity contribution >= 4 is 56.3 Å². The number of nitrogens with one attached hydrogen (secondary N) is 4. The molecule has 12 nitrogen and oxygen atoms in total. The first kappa shape index (κ1) is 32.7. The molecule has 4 aromatic rings. The summed E-state index contributed by atoms with van der Waals surface area (Å²) in [6, 6.07) is 29.6. The van der Waals surface area contributed by atoms with Crippen LogP contribution < -0.4 is 30.6 Å². The number of hydrogen-bond donors (Lipinski definition) is 4. The first-order chi connectivity index (χ1) is 22.6. The Morgan fingerprint density at radius 3 is 2.09 bits per heavy atom. The molecule has 1 aliphatic heterocycles. The van der Waals surface area contributed by atoms with Gasteiger partial charge in [0.15, 0.2) is 5.84 Å². The van der Waals surface area contributed by atoms with Gasteiger partial charge in [-0.15, -0.1) is 5.10 Å². The fourth-order valence-electron chi connectivity index (χ4n) is 5.14. The first-order valence-electron chi connectivity index (χ1n) is 15.0. The second kappa shape index (κ2) is 13.7. The van der Waals surface area contributed by atoms with E-state index in [9.17, 15) is 22.8 Å². The molecule has 1 heterocycles. The molecule has 0 aliphatic carbocycles. The number of sulfonamides is 1. The van der Waals surface area contributed by atoms with E-state index in [1.807, 2.05) is 12.1 Å². The molecule has 0 spiro atoms. The number of benzene rings is 4. The van der Waals surface area contributed by atoms with E-state index in [0.717, 1.165) is 23.8 Å². The van der Waals surface area contributed by atoms with Crippen molar-refractivity contribution in [3.05, 3.63) is 115 Å². The zero-order chi connectivity index (χ0) is 33.6. The van der Waals surface area contributed by atoms with Crippen LogP contribution in [0.5, 0.6) is 0 Å². The van der Waals surface area contributed by atoms with Crippen LogP contribution in [-0.4, -0.2) is 50.7 Å². The summed E-state index contributed by atoms with van der Waals surface area (Å²) in [6.45, 7) is 6.97. The highest BCUT2D eigenvalue weighted by atomic mass is 32.2. The lowest BCUT2D eigenvalue weighted by Crippen LogP contribution is -2.67. The monoisotopic (exact) mass is 653 g/mol. The van der Waals surface area contributed by atoms with Crippen LogP contribution in [0, 0.1) is 0 Å². The van der Waals surface area contributed by atoms with E-state index >= 15 is 0 Å². The van der Waals surface area contributed by atoms with Crippen molar-refractivity contribution in [3.8, 4) is 0 Å². The minimum Gasteiger partial charge on any atom is -0.372 e. The lowest BCUT2D eigenvalue weighted by atomic mass is 10.1. The van der Waals surface area contributed by atoms with Crippen LogP contribution >= 0.6 is 0 Å². The maximum absolute atomic E-state index is 14.2. The standard InChI is InChI=1S/C34H35N7O5S/c1-4-40(5-2)28-21-19-26(20-22-28)37-34(36-24(3)42)32(38-41(33(34)44)29-15-8-6-9-16-29)35-31(43)25-13-12-14-27(23-25)39-47(45,46)30-17-10-7-11-18-30/h6-23,37,39H,4-5H2,1-3H3,(H,36,42)(H,35,38,43). The minimum atomic E-state index is -3.92. The number of amides is 3. The molecule has 0 aromatic heterocycles. The van der Waals surface area contributed by atoms with Crippen LogP contribution in [0.2, 0.25) is 0 Å². The molecule has 1 aliphatic rings. The molecule has 13 heteroatoms. The highest BCUT2D eigenvalue weighted by molar-refractivity contribution is 7.92. The van der Waals surface area contributed by atoms with Crippen LogP contribution in [0.4, 0.5) is 22.7 Å².